The summed E-state index contributed by atoms with van der Waals surface area (Å²) in [7, 11) is 0. The zero-order chi connectivity index (χ0) is 25.6. The molecule has 0 aliphatic heterocycles. The van der Waals surface area contributed by atoms with Crippen molar-refractivity contribution in [2.45, 2.75) is 24.0 Å². The van der Waals surface area contributed by atoms with Gasteiger partial charge in [0.05, 0.1) is 12.0 Å². The molecule has 0 saturated heterocycles. The number of nitrogens with zero attached hydrogens (tertiary/aromatic N) is 2. The molecule has 38 heavy (non-hydrogen) atoms. The molecule has 1 aromatic heterocycles. The molecule has 1 heterocycles. The summed E-state index contributed by atoms with van der Waals surface area (Å²) in [5.74, 6) is 0. The maximum atomic E-state index is 12.3. The Bertz CT molecular complexity index is 1620. The molecule has 1 aliphatic carbocycles. The highest BCUT2D eigenvalue weighted by Gasteiger charge is 2.42. The molecule has 0 fully saturated rings. The van der Waals surface area contributed by atoms with Crippen LogP contribution in [0.4, 0.5) is 0 Å². The predicted molar refractivity (Wildman–Crippen MR) is 152 cm³/mol. The maximum Gasteiger partial charge on any atom is 0.134 e. The molecule has 0 spiro atoms. The highest BCUT2D eigenvalue weighted by atomic mass is 16.3. The van der Waals surface area contributed by atoms with Crippen molar-refractivity contribution in [2.75, 3.05) is 0 Å². The highest BCUT2D eigenvalue weighted by Crippen LogP contribution is 2.45. The van der Waals surface area contributed by atoms with Gasteiger partial charge < -0.3 is 9.67 Å². The first-order chi connectivity index (χ1) is 18.7. The molecule has 7 rings (SSSR count). The van der Waals surface area contributed by atoms with E-state index in [2.05, 4.69) is 114 Å². The van der Waals surface area contributed by atoms with Crippen LogP contribution in [0.25, 0.3) is 10.8 Å². The Balaban J connectivity index is 1.49. The van der Waals surface area contributed by atoms with Crippen LogP contribution in [0.2, 0.25) is 0 Å². The van der Waals surface area contributed by atoms with Crippen LogP contribution in [0.3, 0.4) is 0 Å². The van der Waals surface area contributed by atoms with Gasteiger partial charge in [-0.1, -0.05) is 127 Å². The van der Waals surface area contributed by atoms with Gasteiger partial charge in [0.15, 0.2) is 0 Å². The summed E-state index contributed by atoms with van der Waals surface area (Å²) in [6, 6.07) is 44.3. The maximum absolute atomic E-state index is 12.3. The Labute approximate surface area is 222 Å². The normalized spacial score (nSPS) is 17.0. The molecule has 6 aromatic rings. The zero-order valence-electron chi connectivity index (χ0n) is 21.0. The average Bonchev–Trinajstić information content (AvgIpc) is 3.49. The van der Waals surface area contributed by atoms with Crippen LogP contribution in [-0.4, -0.2) is 14.7 Å². The second kappa shape index (κ2) is 8.83. The van der Waals surface area contributed by atoms with E-state index in [1.807, 2.05) is 30.6 Å². The van der Waals surface area contributed by atoms with Gasteiger partial charge >= 0.3 is 0 Å². The van der Waals surface area contributed by atoms with Crippen LogP contribution in [0.5, 0.6) is 0 Å². The number of rotatable bonds is 5. The summed E-state index contributed by atoms with van der Waals surface area (Å²) in [5.41, 5.74) is 4.45. The van der Waals surface area contributed by atoms with Gasteiger partial charge in [0.1, 0.15) is 11.1 Å². The van der Waals surface area contributed by atoms with Gasteiger partial charge in [-0.3, -0.25) is 0 Å². The van der Waals surface area contributed by atoms with E-state index in [0.29, 0.717) is 12.1 Å². The van der Waals surface area contributed by atoms with Crippen molar-refractivity contribution < 1.29 is 5.11 Å². The van der Waals surface area contributed by atoms with Crippen molar-refractivity contribution in [2.24, 2.45) is 0 Å². The van der Waals surface area contributed by atoms with Gasteiger partial charge in [0.25, 0.3) is 0 Å². The van der Waals surface area contributed by atoms with Crippen molar-refractivity contribution in [1.82, 2.24) is 9.55 Å². The minimum atomic E-state index is -1.17. The predicted octanol–water partition coefficient (Wildman–Crippen LogP) is 7.06. The van der Waals surface area contributed by atoms with E-state index in [9.17, 15) is 5.11 Å². The number of benzene rings is 5. The minimum Gasteiger partial charge on any atom is -0.379 e. The van der Waals surface area contributed by atoms with Gasteiger partial charge in [0.2, 0.25) is 0 Å². The van der Waals surface area contributed by atoms with Gasteiger partial charge in [-0.2, -0.15) is 0 Å². The number of imidazole rings is 1. The first-order valence-electron chi connectivity index (χ1n) is 13.2. The lowest BCUT2D eigenvalue weighted by atomic mass is 9.75. The second-order valence-corrected chi connectivity index (χ2v) is 10.2. The smallest absolute Gasteiger partial charge is 0.134 e. The van der Waals surface area contributed by atoms with E-state index in [1.165, 1.54) is 5.56 Å². The third kappa shape index (κ3) is 3.29. The number of hydrogen-bond donors (Lipinski definition) is 1. The molecular weight excluding hydrogens is 464 g/mol. The zero-order valence-corrected chi connectivity index (χ0v) is 21.0. The standard InChI is InChI=1S/C35H28N2O/c38-34(23-22-27-13-10-12-26-14-11-21-31(34)33(26)27)32-24-37(25-36-32)35(28-15-4-1-5-16-28,29-17-6-2-7-18-29)30-19-8-3-9-20-30/h1-21,24-25,38H,22-23H2. The van der Waals surface area contributed by atoms with Crippen molar-refractivity contribution in [3.05, 3.63) is 173 Å². The lowest BCUT2D eigenvalue weighted by molar-refractivity contribution is 0.0661. The van der Waals surface area contributed by atoms with Crippen molar-refractivity contribution in [3.8, 4) is 0 Å². The van der Waals surface area contributed by atoms with E-state index in [0.717, 1.165) is 39.4 Å². The summed E-state index contributed by atoms with van der Waals surface area (Å²) in [6.45, 7) is 0. The van der Waals surface area contributed by atoms with Gasteiger partial charge in [-0.15, -0.1) is 0 Å². The molecule has 1 unspecified atom stereocenters. The molecule has 5 aromatic carbocycles. The van der Waals surface area contributed by atoms with E-state index in [4.69, 9.17) is 4.98 Å². The Hall–Kier alpha value is -4.47. The number of aryl methyl sites for hydroxylation is 1. The fourth-order valence-corrected chi connectivity index (χ4v) is 6.39. The quantitative estimate of drug-likeness (QED) is 0.262. The van der Waals surface area contributed by atoms with Crippen LogP contribution < -0.4 is 0 Å². The number of aliphatic hydroxyl groups is 1. The molecule has 0 bridgehead atoms. The Kier molecular flexibility index (Phi) is 5.27. The molecule has 0 radical (unpaired) electrons. The lowest BCUT2D eigenvalue weighted by Crippen LogP contribution is -2.37. The third-order valence-corrected chi connectivity index (χ3v) is 8.16. The molecular formula is C35H28N2O. The molecule has 184 valence electrons. The largest absolute Gasteiger partial charge is 0.379 e. The summed E-state index contributed by atoms with van der Waals surface area (Å²) in [6.07, 6.45) is 5.34. The van der Waals surface area contributed by atoms with Crippen LogP contribution in [0.1, 0.15) is 39.9 Å². The monoisotopic (exact) mass is 492 g/mol. The second-order valence-electron chi connectivity index (χ2n) is 10.2. The summed E-state index contributed by atoms with van der Waals surface area (Å²) >= 11 is 0. The first kappa shape index (κ1) is 22.7. The Morgan fingerprint density at radius 1 is 0.658 bits per heavy atom. The van der Waals surface area contributed by atoms with Crippen LogP contribution >= 0.6 is 0 Å². The molecule has 0 saturated carbocycles. The molecule has 3 nitrogen and oxygen atoms in total. The SMILES string of the molecule is OC1(c2cn(C(c3ccccc3)(c3ccccc3)c3ccccc3)cn2)CCc2cccc3cccc1c23. The van der Waals surface area contributed by atoms with Gasteiger partial charge in [-0.25, -0.2) is 4.98 Å². The van der Waals surface area contributed by atoms with Crippen LogP contribution in [-0.2, 0) is 17.6 Å². The van der Waals surface area contributed by atoms with Crippen molar-refractivity contribution >= 4 is 10.8 Å². The Morgan fingerprint density at radius 3 is 1.79 bits per heavy atom. The Morgan fingerprint density at radius 2 is 1.21 bits per heavy atom. The molecule has 3 heteroatoms. The van der Waals surface area contributed by atoms with Gasteiger partial charge in [-0.05, 0) is 51.4 Å². The summed E-state index contributed by atoms with van der Waals surface area (Å²) in [5, 5.41) is 14.6. The summed E-state index contributed by atoms with van der Waals surface area (Å²) in [4.78, 5) is 4.93. The topological polar surface area (TPSA) is 38.0 Å². The van der Waals surface area contributed by atoms with E-state index >= 15 is 0 Å². The number of aromatic nitrogens is 2. The third-order valence-electron chi connectivity index (χ3n) is 8.16. The van der Waals surface area contributed by atoms with Gasteiger partial charge in [0, 0.05) is 6.20 Å². The molecule has 1 aliphatic rings. The molecule has 1 atom stereocenters. The van der Waals surface area contributed by atoms with Crippen molar-refractivity contribution in [3.63, 3.8) is 0 Å². The fourth-order valence-electron chi connectivity index (χ4n) is 6.39. The van der Waals surface area contributed by atoms with Crippen LogP contribution in [0.15, 0.2) is 140 Å². The highest BCUT2D eigenvalue weighted by molar-refractivity contribution is 5.90. The summed E-state index contributed by atoms with van der Waals surface area (Å²) < 4.78 is 2.18. The molecule has 0 amide bonds. The average molecular weight is 493 g/mol. The fraction of sp³-hybridized carbons (Fsp3) is 0.114. The van der Waals surface area contributed by atoms with Crippen LogP contribution in [0, 0.1) is 0 Å². The van der Waals surface area contributed by atoms with E-state index < -0.39 is 11.1 Å². The van der Waals surface area contributed by atoms with E-state index in [1.54, 1.807) is 0 Å². The number of hydrogen-bond acceptors (Lipinski definition) is 2. The van der Waals surface area contributed by atoms with Crippen molar-refractivity contribution in [1.29, 1.82) is 0 Å². The van der Waals surface area contributed by atoms with E-state index in [-0.39, 0.29) is 0 Å². The lowest BCUT2D eigenvalue weighted by Gasteiger charge is -2.37. The minimum absolute atomic E-state index is 0.592. The first-order valence-corrected chi connectivity index (χ1v) is 13.2. The molecule has 1 N–H and O–H groups in total.